The molecule has 2 rings (SSSR count). The number of rotatable bonds is 7. The zero-order valence-corrected chi connectivity index (χ0v) is 20.2. The fraction of sp³-hybridized carbons (Fsp3) is 0.348. The minimum absolute atomic E-state index is 0.0502. The van der Waals surface area contributed by atoms with Crippen LogP contribution in [-0.4, -0.2) is 43.0 Å². The van der Waals surface area contributed by atoms with Crippen molar-refractivity contribution in [1.29, 1.82) is 0 Å². The fourth-order valence-electron chi connectivity index (χ4n) is 3.28. The van der Waals surface area contributed by atoms with Crippen molar-refractivity contribution in [2.75, 3.05) is 12.4 Å². The van der Waals surface area contributed by atoms with Crippen molar-refractivity contribution in [2.24, 2.45) is 5.16 Å². The largest absolute Gasteiger partial charge is 0.404 e. The van der Waals surface area contributed by atoms with Gasteiger partial charge in [0.05, 0.1) is 27.9 Å². The summed E-state index contributed by atoms with van der Waals surface area (Å²) < 4.78 is 78.3. The van der Waals surface area contributed by atoms with Gasteiger partial charge in [-0.3, -0.25) is 9.59 Å². The molecule has 6 nitrogen and oxygen atoms in total. The molecule has 0 radical (unpaired) electrons. The number of nitrogens with one attached hydrogen (secondary N) is 2. The highest BCUT2D eigenvalue weighted by atomic mass is 35.5. The summed E-state index contributed by atoms with van der Waals surface area (Å²) in [7, 11) is 1.31. The van der Waals surface area contributed by atoms with Crippen molar-refractivity contribution in [2.45, 2.75) is 44.6 Å². The van der Waals surface area contributed by atoms with Gasteiger partial charge in [0.25, 0.3) is 11.8 Å². The van der Waals surface area contributed by atoms with E-state index < -0.39 is 41.2 Å². The molecule has 0 fully saturated rings. The van der Waals surface area contributed by atoms with Crippen LogP contribution < -0.4 is 10.6 Å². The molecule has 196 valence electrons. The van der Waals surface area contributed by atoms with Gasteiger partial charge in [-0.1, -0.05) is 35.0 Å². The number of hydrogen-bond donors (Lipinski definition) is 2. The van der Waals surface area contributed by atoms with E-state index in [4.69, 9.17) is 11.6 Å². The second-order valence-corrected chi connectivity index (χ2v) is 8.71. The second kappa shape index (κ2) is 10.8. The lowest BCUT2D eigenvalue weighted by molar-refractivity contribution is -0.253. The van der Waals surface area contributed by atoms with Crippen LogP contribution in [0.2, 0.25) is 5.02 Å². The van der Waals surface area contributed by atoms with E-state index >= 15 is 0 Å². The van der Waals surface area contributed by atoms with Gasteiger partial charge >= 0.3 is 12.4 Å². The number of nitrogens with zero attached hydrogens (tertiary/aromatic N) is 1. The molecule has 0 atom stereocenters. The Morgan fingerprint density at radius 1 is 1.03 bits per heavy atom. The third-order valence-corrected chi connectivity index (χ3v) is 5.20. The molecule has 0 aliphatic rings. The molecule has 2 N–H and O–H groups in total. The number of carbonyl (C=O) groups excluding carboxylic acids is 2. The van der Waals surface area contributed by atoms with Crippen LogP contribution in [0.15, 0.2) is 41.6 Å². The highest BCUT2D eigenvalue weighted by Gasteiger charge is 2.57. The van der Waals surface area contributed by atoms with Crippen LogP contribution in [0.3, 0.4) is 0 Å². The van der Waals surface area contributed by atoms with Crippen LogP contribution in [0.5, 0.6) is 0 Å². The summed E-state index contributed by atoms with van der Waals surface area (Å²) in [6, 6.07) is 6.33. The SMILES string of the molecule is CO/N=C/C(C)(C)NC(=O)c1c(Cl)cccc1C(=O)Nc1ccc(C(C(F)(F)F)C(F)(F)F)cc1C. The summed E-state index contributed by atoms with van der Waals surface area (Å²) >= 11 is 6.16. The Hall–Kier alpha value is -3.28. The van der Waals surface area contributed by atoms with Gasteiger partial charge in [0.2, 0.25) is 0 Å². The van der Waals surface area contributed by atoms with Crippen molar-refractivity contribution < 1.29 is 40.8 Å². The van der Waals surface area contributed by atoms with E-state index in [1.165, 1.54) is 38.4 Å². The third-order valence-electron chi connectivity index (χ3n) is 4.89. The van der Waals surface area contributed by atoms with Gasteiger partial charge in [-0.15, -0.1) is 0 Å². The molecule has 0 saturated heterocycles. The lowest BCUT2D eigenvalue weighted by Crippen LogP contribution is -2.45. The maximum atomic E-state index is 13.1. The van der Waals surface area contributed by atoms with Gasteiger partial charge in [-0.05, 0) is 50.1 Å². The van der Waals surface area contributed by atoms with E-state index in [0.29, 0.717) is 12.1 Å². The molecule has 0 bridgehead atoms. The average Bonchev–Trinajstić information content (AvgIpc) is 2.71. The summed E-state index contributed by atoms with van der Waals surface area (Å²) in [5.74, 6) is -5.27. The number of benzene rings is 2. The fourth-order valence-corrected chi connectivity index (χ4v) is 3.54. The zero-order valence-electron chi connectivity index (χ0n) is 19.4. The number of hydrogen-bond acceptors (Lipinski definition) is 4. The normalized spacial score (nSPS) is 12.7. The number of anilines is 1. The average molecular weight is 538 g/mol. The van der Waals surface area contributed by atoms with Crippen LogP contribution in [0.1, 0.15) is 51.6 Å². The summed E-state index contributed by atoms with van der Waals surface area (Å²) in [6.45, 7) is 4.44. The van der Waals surface area contributed by atoms with Gasteiger partial charge in [0.15, 0.2) is 5.92 Å². The number of aryl methyl sites for hydroxylation is 1. The molecule has 0 aliphatic heterocycles. The molecule has 0 aromatic heterocycles. The molecule has 0 aliphatic carbocycles. The minimum atomic E-state index is -5.56. The first kappa shape index (κ1) is 29.0. The maximum absolute atomic E-state index is 13.1. The van der Waals surface area contributed by atoms with Gasteiger partial charge in [-0.25, -0.2) is 0 Å². The van der Waals surface area contributed by atoms with Crippen molar-refractivity contribution >= 4 is 35.3 Å². The summed E-state index contributed by atoms with van der Waals surface area (Å²) in [5, 5.41) is 8.55. The Balaban J connectivity index is 2.38. The Morgan fingerprint density at radius 2 is 1.64 bits per heavy atom. The van der Waals surface area contributed by atoms with Gasteiger partial charge in [0.1, 0.15) is 7.11 Å². The summed E-state index contributed by atoms with van der Waals surface area (Å²) in [6.07, 6.45) is -9.80. The zero-order chi connectivity index (χ0) is 27.5. The molecule has 2 amide bonds. The third kappa shape index (κ3) is 7.12. The first-order valence-corrected chi connectivity index (χ1v) is 10.6. The van der Waals surface area contributed by atoms with Crippen molar-refractivity contribution in [3.05, 3.63) is 63.7 Å². The predicted octanol–water partition coefficient (Wildman–Crippen LogP) is 6.25. The molecule has 13 heteroatoms. The number of alkyl halides is 6. The molecule has 0 heterocycles. The van der Waals surface area contributed by atoms with Gasteiger partial charge in [0, 0.05) is 5.69 Å². The lowest BCUT2D eigenvalue weighted by atomic mass is 9.95. The Morgan fingerprint density at radius 3 is 2.17 bits per heavy atom. The topological polar surface area (TPSA) is 79.8 Å². The molecule has 0 saturated carbocycles. The molecular weight excluding hydrogens is 516 g/mol. The van der Waals surface area contributed by atoms with E-state index in [0.717, 1.165) is 6.07 Å². The molecule has 2 aromatic rings. The van der Waals surface area contributed by atoms with E-state index in [2.05, 4.69) is 20.6 Å². The second-order valence-electron chi connectivity index (χ2n) is 8.30. The smallest absolute Gasteiger partial charge is 0.399 e. The Labute approximate surface area is 207 Å². The quantitative estimate of drug-likeness (QED) is 0.249. The molecule has 0 unspecified atom stereocenters. The van der Waals surface area contributed by atoms with E-state index in [1.54, 1.807) is 13.8 Å². The van der Waals surface area contributed by atoms with Crippen LogP contribution >= 0.6 is 11.6 Å². The first-order chi connectivity index (χ1) is 16.5. The highest BCUT2D eigenvalue weighted by molar-refractivity contribution is 6.35. The molecule has 2 aromatic carbocycles. The van der Waals surface area contributed by atoms with E-state index in [-0.39, 0.29) is 27.4 Å². The molecular formula is C23H22ClF6N3O3. The number of halogens is 7. The van der Waals surface area contributed by atoms with E-state index in [1.807, 2.05) is 0 Å². The Kier molecular flexibility index (Phi) is 8.66. The predicted molar refractivity (Wildman–Crippen MR) is 122 cm³/mol. The number of oxime groups is 1. The van der Waals surface area contributed by atoms with Crippen molar-refractivity contribution in [3.63, 3.8) is 0 Å². The van der Waals surface area contributed by atoms with Crippen LogP contribution in [-0.2, 0) is 4.84 Å². The van der Waals surface area contributed by atoms with Crippen molar-refractivity contribution in [1.82, 2.24) is 5.32 Å². The standard InChI is InChI=1S/C23H22ClF6N3O3/c1-12-10-13(18(22(25,26)27)23(28,29)30)8-9-16(12)32-19(34)14-6-5-7-15(24)17(14)20(35)33-21(2,3)11-31-36-4/h5-11,18H,1-4H3,(H,32,34)(H,33,35)/b31-11+. The van der Waals surface area contributed by atoms with Gasteiger partial charge < -0.3 is 15.5 Å². The highest BCUT2D eigenvalue weighted by Crippen LogP contribution is 2.46. The lowest BCUT2D eigenvalue weighted by Gasteiger charge is -2.24. The van der Waals surface area contributed by atoms with Crippen LogP contribution in [0.4, 0.5) is 32.0 Å². The molecule has 0 spiro atoms. The number of amides is 2. The van der Waals surface area contributed by atoms with E-state index in [9.17, 15) is 35.9 Å². The summed E-state index contributed by atoms with van der Waals surface area (Å²) in [5.41, 5.74) is -2.49. The first-order valence-electron chi connectivity index (χ1n) is 10.2. The van der Waals surface area contributed by atoms with Gasteiger partial charge in [-0.2, -0.15) is 26.3 Å². The molecule has 36 heavy (non-hydrogen) atoms. The summed E-state index contributed by atoms with van der Waals surface area (Å²) in [4.78, 5) is 30.5. The minimum Gasteiger partial charge on any atom is -0.399 e. The van der Waals surface area contributed by atoms with Crippen molar-refractivity contribution in [3.8, 4) is 0 Å². The Bertz CT molecular complexity index is 1150. The maximum Gasteiger partial charge on any atom is 0.404 e. The number of carbonyl (C=O) groups is 2. The van der Waals surface area contributed by atoms with Crippen LogP contribution in [0.25, 0.3) is 0 Å². The van der Waals surface area contributed by atoms with Crippen LogP contribution in [0, 0.1) is 6.92 Å². The monoisotopic (exact) mass is 537 g/mol.